The Morgan fingerprint density at radius 3 is 2.39 bits per heavy atom. The van der Waals surface area contributed by atoms with Crippen molar-refractivity contribution < 1.29 is 22.7 Å². The van der Waals surface area contributed by atoms with Gasteiger partial charge in [0.05, 0.1) is 41.7 Å². The molecular weight excluding hydrogens is 665 g/mol. The molecule has 5 rings (SSSR count). The Morgan fingerprint density at radius 1 is 1.02 bits per heavy atom. The van der Waals surface area contributed by atoms with Gasteiger partial charge in [0.15, 0.2) is 5.75 Å². The largest absolute Gasteiger partial charge is 0.488 e. The molecule has 1 amide bonds. The van der Waals surface area contributed by atoms with Gasteiger partial charge in [-0.25, -0.2) is 28.1 Å². The smallest absolute Gasteiger partial charge is 0.264 e. The molecule has 1 atom stereocenters. The number of hydrogen-bond donors (Lipinski definition) is 1. The summed E-state index contributed by atoms with van der Waals surface area (Å²) in [5.74, 6) is 1.18. The van der Waals surface area contributed by atoms with Crippen LogP contribution in [0.3, 0.4) is 0 Å². The monoisotopic (exact) mass is 714 g/mol. The van der Waals surface area contributed by atoms with E-state index in [4.69, 9.17) is 14.5 Å². The number of ether oxygens (including phenoxy) is 2. The fourth-order valence-electron chi connectivity index (χ4n) is 6.20. The molecule has 2 aromatic carbocycles. The number of fused-ring (bicyclic) bond motifs is 4. The Kier molecular flexibility index (Phi) is 11.3. The lowest BCUT2D eigenvalue weighted by molar-refractivity contribution is 0.0504. The number of nitrogens with one attached hydrogen (secondary N) is 1. The number of hydrogen-bond acceptors (Lipinski definition) is 9. The van der Waals surface area contributed by atoms with Gasteiger partial charge < -0.3 is 14.4 Å². The van der Waals surface area contributed by atoms with Gasteiger partial charge in [-0.2, -0.15) is 4.98 Å². The molecule has 11 nitrogen and oxygen atoms in total. The maximum atomic E-state index is 14.5. The van der Waals surface area contributed by atoms with Crippen LogP contribution in [0.25, 0.3) is 11.3 Å². The van der Waals surface area contributed by atoms with Crippen molar-refractivity contribution in [2.45, 2.75) is 105 Å². The lowest BCUT2D eigenvalue weighted by Gasteiger charge is -2.35. The molecule has 0 fully saturated rings. The number of anilines is 1. The minimum absolute atomic E-state index is 0.0461. The molecule has 51 heavy (non-hydrogen) atoms. The minimum atomic E-state index is -4.21. The third-order valence-electron chi connectivity index (χ3n) is 8.63. The van der Waals surface area contributed by atoms with Crippen molar-refractivity contribution in [1.29, 1.82) is 0 Å². The molecular formula is C39H50N6O5S. The molecule has 0 aliphatic carbocycles. The van der Waals surface area contributed by atoms with Gasteiger partial charge in [0.2, 0.25) is 11.8 Å². The van der Waals surface area contributed by atoms with Crippen LogP contribution in [0.15, 0.2) is 59.8 Å². The number of amides is 1. The van der Waals surface area contributed by atoms with Gasteiger partial charge in [0.1, 0.15) is 12.4 Å². The number of nitrogens with zero attached hydrogens (tertiary/aromatic N) is 5. The predicted molar refractivity (Wildman–Crippen MR) is 198 cm³/mol. The molecule has 1 aliphatic heterocycles. The summed E-state index contributed by atoms with van der Waals surface area (Å²) in [6, 6.07) is 11.7. The first-order chi connectivity index (χ1) is 24.0. The highest BCUT2D eigenvalue weighted by Crippen LogP contribution is 2.36. The molecule has 0 radical (unpaired) electrons. The van der Waals surface area contributed by atoms with E-state index >= 15 is 0 Å². The van der Waals surface area contributed by atoms with Crippen molar-refractivity contribution in [3.05, 3.63) is 82.9 Å². The molecule has 12 heteroatoms. The molecule has 4 bridgehead atoms. The second kappa shape index (κ2) is 15.3. The van der Waals surface area contributed by atoms with Gasteiger partial charge in [-0.05, 0) is 87.6 Å². The van der Waals surface area contributed by atoms with Gasteiger partial charge in [0.25, 0.3) is 15.9 Å². The molecule has 0 spiro atoms. The first kappa shape index (κ1) is 37.7. The van der Waals surface area contributed by atoms with E-state index in [1.807, 2.05) is 39.8 Å². The Bertz CT molecular complexity index is 1970. The van der Waals surface area contributed by atoms with Gasteiger partial charge in [-0.15, -0.1) is 0 Å². The summed E-state index contributed by atoms with van der Waals surface area (Å²) in [5, 5.41) is 0. The number of sulfonamides is 1. The van der Waals surface area contributed by atoms with Crippen LogP contribution in [0, 0.1) is 25.2 Å². The number of aromatic nitrogens is 4. The zero-order chi connectivity index (χ0) is 37.1. The molecule has 1 aliphatic rings. The fraction of sp³-hybridized carbons (Fsp3) is 0.462. The molecule has 2 aromatic heterocycles. The lowest BCUT2D eigenvalue weighted by atomic mass is 9.87. The van der Waals surface area contributed by atoms with E-state index in [1.165, 1.54) is 12.1 Å². The Hall–Kier alpha value is -4.58. The van der Waals surface area contributed by atoms with Gasteiger partial charge >= 0.3 is 0 Å². The highest BCUT2D eigenvalue weighted by Gasteiger charge is 2.32. The Morgan fingerprint density at radius 2 is 1.73 bits per heavy atom. The van der Waals surface area contributed by atoms with Crippen molar-refractivity contribution >= 4 is 21.9 Å². The predicted octanol–water partition coefficient (Wildman–Crippen LogP) is 7.57. The van der Waals surface area contributed by atoms with Crippen molar-refractivity contribution in [2.75, 3.05) is 11.3 Å². The molecule has 3 heterocycles. The van der Waals surface area contributed by atoms with E-state index in [9.17, 15) is 13.2 Å². The molecule has 4 aromatic rings. The number of carbonyl (C=O) groups is 1. The van der Waals surface area contributed by atoms with Crippen LogP contribution in [0.1, 0.15) is 94.2 Å². The molecule has 0 unspecified atom stereocenters. The average molecular weight is 715 g/mol. The van der Waals surface area contributed by atoms with E-state index < -0.39 is 16.1 Å². The van der Waals surface area contributed by atoms with Gasteiger partial charge in [0, 0.05) is 16.7 Å². The Labute approximate surface area is 302 Å². The number of carbonyl (C=O) groups excluding carboxylic acids is 1. The van der Waals surface area contributed by atoms with Crippen molar-refractivity contribution in [1.82, 2.24) is 24.8 Å². The molecule has 272 valence electrons. The van der Waals surface area contributed by atoms with E-state index in [-0.39, 0.29) is 52.9 Å². The third-order valence-corrected chi connectivity index (χ3v) is 9.96. The molecule has 0 saturated carbocycles. The summed E-state index contributed by atoms with van der Waals surface area (Å²) in [7, 11) is -4.21. The number of rotatable bonds is 9. The maximum absolute atomic E-state index is 14.5. The highest BCUT2D eigenvalue weighted by atomic mass is 32.2. The van der Waals surface area contributed by atoms with Crippen LogP contribution in [0.4, 0.5) is 5.95 Å². The minimum Gasteiger partial charge on any atom is -0.488 e. The summed E-state index contributed by atoms with van der Waals surface area (Å²) in [6.07, 6.45) is 5.51. The van der Waals surface area contributed by atoms with Crippen LogP contribution >= 0.6 is 0 Å². The first-order valence-electron chi connectivity index (χ1n) is 17.5. The molecule has 0 saturated heterocycles. The van der Waals surface area contributed by atoms with Gasteiger partial charge in [-0.1, -0.05) is 58.9 Å². The van der Waals surface area contributed by atoms with Gasteiger partial charge in [-0.3, -0.25) is 4.79 Å². The summed E-state index contributed by atoms with van der Waals surface area (Å²) in [5.41, 5.74) is 4.31. The zero-order valence-corrected chi connectivity index (χ0v) is 32.0. The summed E-state index contributed by atoms with van der Waals surface area (Å²) in [6.45, 7) is 18.6. The van der Waals surface area contributed by atoms with Crippen LogP contribution in [-0.2, 0) is 23.0 Å². The zero-order valence-electron chi connectivity index (χ0n) is 31.1. The quantitative estimate of drug-likeness (QED) is 0.186. The van der Waals surface area contributed by atoms with Crippen LogP contribution in [0.2, 0.25) is 0 Å². The van der Waals surface area contributed by atoms with Crippen molar-refractivity contribution in [3.8, 4) is 22.9 Å². The van der Waals surface area contributed by atoms with E-state index in [0.29, 0.717) is 35.2 Å². The summed E-state index contributed by atoms with van der Waals surface area (Å²) >= 11 is 0. The van der Waals surface area contributed by atoms with Crippen molar-refractivity contribution in [2.24, 2.45) is 11.3 Å². The van der Waals surface area contributed by atoms with E-state index in [2.05, 4.69) is 60.4 Å². The van der Waals surface area contributed by atoms with E-state index in [1.54, 1.807) is 29.4 Å². The number of benzene rings is 2. The normalized spacial score (nSPS) is 16.2. The first-order valence-corrected chi connectivity index (χ1v) is 19.0. The molecule has 1 N–H and O–H groups in total. The highest BCUT2D eigenvalue weighted by molar-refractivity contribution is 7.92. The van der Waals surface area contributed by atoms with Crippen LogP contribution in [-0.4, -0.2) is 57.9 Å². The SMILES string of the molecule is Cc1cccc(CCC(C)C)c1-c1nc2nc(c1C)OC[C@@H](CC(C)(C)C)N(Cc1ncc(OC(C)C)cn1)C(=O)c1cccc(c1)S(=O)(=O)N2. The standard InChI is InChI=1S/C39H50N6O5S/c1-24(2)16-17-28-13-10-12-26(5)34(28)35-27(6)36-43-38(42-35)44-51(47,48)32-15-11-14-29(18-32)37(46)45(30(23-49-36)19-39(7,8)9)22-33-40-20-31(21-41-33)50-25(3)4/h10-15,18,20-21,24-25,30H,16-17,19,22-23H2,1-9H3,(H,42,43,44)/t30-/m1/s1. The Balaban J connectivity index is 1.67. The van der Waals surface area contributed by atoms with Crippen LogP contribution in [0.5, 0.6) is 11.6 Å². The van der Waals surface area contributed by atoms with Crippen molar-refractivity contribution in [3.63, 3.8) is 0 Å². The maximum Gasteiger partial charge on any atom is 0.264 e. The average Bonchev–Trinajstić information content (AvgIpc) is 3.05. The van der Waals surface area contributed by atoms with E-state index in [0.717, 1.165) is 29.5 Å². The summed E-state index contributed by atoms with van der Waals surface area (Å²) < 4.78 is 42.6. The number of aryl methyl sites for hydroxylation is 2. The summed E-state index contributed by atoms with van der Waals surface area (Å²) in [4.78, 5) is 34.5. The third kappa shape index (κ3) is 9.40. The van der Waals surface area contributed by atoms with Crippen LogP contribution < -0.4 is 14.2 Å². The fourth-order valence-corrected chi connectivity index (χ4v) is 7.19. The second-order valence-electron chi connectivity index (χ2n) is 15.2. The lowest BCUT2D eigenvalue weighted by Crippen LogP contribution is -2.45. The second-order valence-corrected chi connectivity index (χ2v) is 16.8. The topological polar surface area (TPSA) is 136 Å².